The number of carbonyl (C=O) groups is 4. The maximum atomic E-state index is 12.5. The maximum Gasteiger partial charge on any atom is 0.340 e. The van der Waals surface area contributed by atoms with Crippen molar-refractivity contribution in [1.82, 2.24) is 10.3 Å². The second kappa shape index (κ2) is 12.2. The van der Waals surface area contributed by atoms with Crippen LogP contribution < -0.4 is 5.32 Å². The van der Waals surface area contributed by atoms with Crippen LogP contribution in [0, 0.1) is 4.91 Å². The third-order valence-corrected chi connectivity index (χ3v) is 4.03. The van der Waals surface area contributed by atoms with E-state index in [2.05, 4.69) is 10.6 Å². The Morgan fingerprint density at radius 3 is 2.13 bits per heavy atom. The molecule has 13 nitrogen and oxygen atoms in total. The van der Waals surface area contributed by atoms with E-state index in [9.17, 15) is 24.1 Å². The number of nitroso groups, excluding NO2 is 1. The van der Waals surface area contributed by atoms with Crippen LogP contribution in [0.15, 0.2) is 5.29 Å². The number of amides is 2. The molecule has 14 heteroatoms. The van der Waals surface area contributed by atoms with E-state index in [1.807, 2.05) is 0 Å². The number of hydrogen-bond acceptors (Lipinski definition) is 11. The predicted molar refractivity (Wildman–Crippen MR) is 99.0 cm³/mol. The highest BCUT2D eigenvalue weighted by atomic mass is 35.5. The van der Waals surface area contributed by atoms with Gasteiger partial charge in [0.05, 0.1) is 11.8 Å². The van der Waals surface area contributed by atoms with Crippen LogP contribution in [0.3, 0.4) is 0 Å². The Hall–Kier alpha value is -2.51. The van der Waals surface area contributed by atoms with Crippen molar-refractivity contribution in [1.29, 1.82) is 0 Å². The first-order valence-corrected chi connectivity index (χ1v) is 9.31. The molecule has 170 valence electrons. The summed E-state index contributed by atoms with van der Waals surface area (Å²) in [5, 5.41) is 5.50. The van der Waals surface area contributed by atoms with Crippen LogP contribution in [0.5, 0.6) is 0 Å². The monoisotopic (exact) mass is 453 g/mol. The minimum absolute atomic E-state index is 0.0799. The standard InChI is InChI=1S/C16H24ClN3O10/c1-8(21)27-7-11-13(28-9(2)22)12(18-16(24)20(19-25)6-5-17)14(29-10(3)23)15(26-4)30-11/h11-15H,5-7H2,1-4H3,(H,18,24)/t11-,12+,13-,14-,15-/m1/s1. The van der Waals surface area contributed by atoms with Gasteiger partial charge in [-0.2, -0.15) is 5.01 Å². The molecule has 1 fully saturated rings. The van der Waals surface area contributed by atoms with Gasteiger partial charge in [-0.25, -0.2) is 4.79 Å². The molecule has 0 spiro atoms. The number of urea groups is 1. The molecule has 0 radical (unpaired) electrons. The number of halogens is 1. The summed E-state index contributed by atoms with van der Waals surface area (Å²) < 4.78 is 26.2. The van der Waals surface area contributed by atoms with Crippen molar-refractivity contribution in [2.24, 2.45) is 5.29 Å². The van der Waals surface area contributed by atoms with Crippen molar-refractivity contribution in [3.8, 4) is 0 Å². The second-order valence-corrected chi connectivity index (χ2v) is 6.48. The van der Waals surface area contributed by atoms with Crippen molar-refractivity contribution in [2.45, 2.75) is 51.4 Å². The normalized spacial score (nSPS) is 25.6. The third-order valence-electron chi connectivity index (χ3n) is 3.86. The van der Waals surface area contributed by atoms with Crippen LogP contribution in [0.4, 0.5) is 4.79 Å². The number of nitrogens with zero attached hydrogens (tertiary/aromatic N) is 2. The van der Waals surface area contributed by atoms with Gasteiger partial charge in [0.25, 0.3) is 0 Å². The molecule has 0 unspecified atom stereocenters. The third kappa shape index (κ3) is 7.39. The molecule has 0 bridgehead atoms. The van der Waals surface area contributed by atoms with Gasteiger partial charge in [-0.1, -0.05) is 0 Å². The van der Waals surface area contributed by atoms with Crippen molar-refractivity contribution in [2.75, 3.05) is 26.1 Å². The first kappa shape index (κ1) is 25.5. The number of rotatable bonds is 9. The number of hydrogen-bond donors (Lipinski definition) is 1. The van der Waals surface area contributed by atoms with Crippen LogP contribution in [0.2, 0.25) is 0 Å². The molecule has 0 aromatic carbocycles. The zero-order valence-electron chi connectivity index (χ0n) is 16.9. The van der Waals surface area contributed by atoms with Gasteiger partial charge in [-0.3, -0.25) is 14.4 Å². The number of ether oxygens (including phenoxy) is 5. The Labute approximate surface area is 177 Å². The molecule has 1 heterocycles. The number of alkyl halides is 1. The van der Waals surface area contributed by atoms with Gasteiger partial charge in [-0.15, -0.1) is 16.5 Å². The molecule has 1 rings (SSSR count). The number of nitrogens with one attached hydrogen (secondary N) is 1. The zero-order chi connectivity index (χ0) is 22.8. The summed E-state index contributed by atoms with van der Waals surface area (Å²) in [6, 6.07) is -2.24. The van der Waals surface area contributed by atoms with E-state index in [4.69, 9.17) is 35.3 Å². The summed E-state index contributed by atoms with van der Waals surface area (Å²) in [4.78, 5) is 57.9. The fraction of sp³-hybridized carbons (Fsp3) is 0.750. The minimum Gasteiger partial charge on any atom is -0.463 e. The van der Waals surface area contributed by atoms with Crippen LogP contribution in [0.1, 0.15) is 20.8 Å². The lowest BCUT2D eigenvalue weighted by Crippen LogP contribution is -2.67. The summed E-state index contributed by atoms with van der Waals surface area (Å²) in [6.07, 6.45) is -4.87. The lowest BCUT2D eigenvalue weighted by molar-refractivity contribution is -0.278. The lowest BCUT2D eigenvalue weighted by atomic mass is 9.95. The smallest absolute Gasteiger partial charge is 0.340 e. The Kier molecular flexibility index (Phi) is 10.4. The first-order valence-electron chi connectivity index (χ1n) is 8.77. The molecule has 0 saturated carbocycles. The summed E-state index contributed by atoms with van der Waals surface area (Å²) in [5.74, 6) is -2.20. The van der Waals surface area contributed by atoms with Gasteiger partial charge in [0.15, 0.2) is 18.5 Å². The van der Waals surface area contributed by atoms with E-state index in [0.717, 1.165) is 20.8 Å². The Bertz CT molecular complexity index is 649. The van der Waals surface area contributed by atoms with Gasteiger partial charge in [0, 0.05) is 33.8 Å². The molecular formula is C16H24ClN3O10. The highest BCUT2D eigenvalue weighted by molar-refractivity contribution is 6.18. The van der Waals surface area contributed by atoms with Gasteiger partial charge >= 0.3 is 23.9 Å². The molecule has 1 aliphatic rings. The molecule has 1 saturated heterocycles. The first-order chi connectivity index (χ1) is 14.1. The SMILES string of the molecule is CO[C@@H]1O[C@H](COC(C)=O)[C@@H](OC(C)=O)[C@H](NC(=O)N(CCCl)N=O)[C@H]1OC(C)=O. The molecule has 1 aliphatic heterocycles. The van der Waals surface area contributed by atoms with E-state index in [-0.39, 0.29) is 19.0 Å². The van der Waals surface area contributed by atoms with Crippen molar-refractivity contribution in [3.63, 3.8) is 0 Å². The number of methoxy groups -OCH3 is 1. The molecule has 0 aromatic heterocycles. The van der Waals surface area contributed by atoms with E-state index in [0.29, 0.717) is 5.01 Å². The van der Waals surface area contributed by atoms with E-state index in [1.165, 1.54) is 7.11 Å². The van der Waals surface area contributed by atoms with E-state index in [1.54, 1.807) is 0 Å². The Morgan fingerprint density at radius 2 is 1.67 bits per heavy atom. The van der Waals surface area contributed by atoms with E-state index < -0.39 is 54.6 Å². The highest BCUT2D eigenvalue weighted by Crippen LogP contribution is 2.27. The summed E-state index contributed by atoms with van der Waals surface area (Å²) in [7, 11) is 1.25. The molecular weight excluding hydrogens is 430 g/mol. The number of esters is 3. The van der Waals surface area contributed by atoms with Gasteiger partial charge in [-0.05, 0) is 0 Å². The van der Waals surface area contributed by atoms with Crippen molar-refractivity contribution < 1.29 is 42.9 Å². The molecule has 0 aliphatic carbocycles. The highest BCUT2D eigenvalue weighted by Gasteiger charge is 2.51. The molecule has 0 aromatic rings. The van der Waals surface area contributed by atoms with Gasteiger partial charge < -0.3 is 29.0 Å². The molecule has 5 atom stereocenters. The Balaban J connectivity index is 3.30. The summed E-state index contributed by atoms with van der Waals surface area (Å²) in [5.41, 5.74) is 0. The minimum atomic E-state index is -1.28. The largest absolute Gasteiger partial charge is 0.463 e. The average molecular weight is 454 g/mol. The summed E-state index contributed by atoms with van der Waals surface area (Å²) in [6.45, 7) is 2.82. The number of carbonyl (C=O) groups excluding carboxylic acids is 4. The van der Waals surface area contributed by atoms with E-state index >= 15 is 0 Å². The lowest BCUT2D eigenvalue weighted by Gasteiger charge is -2.44. The van der Waals surface area contributed by atoms with Gasteiger partial charge in [0.2, 0.25) is 0 Å². The quantitative estimate of drug-likeness (QED) is 0.166. The summed E-state index contributed by atoms with van der Waals surface area (Å²) >= 11 is 5.55. The van der Waals surface area contributed by atoms with Crippen LogP contribution in [-0.2, 0) is 38.1 Å². The van der Waals surface area contributed by atoms with Gasteiger partial charge in [0.1, 0.15) is 18.8 Å². The Morgan fingerprint density at radius 1 is 1.07 bits per heavy atom. The predicted octanol–water partition coefficient (Wildman–Crippen LogP) is 0.0846. The second-order valence-electron chi connectivity index (χ2n) is 6.10. The van der Waals surface area contributed by atoms with Crippen LogP contribution in [-0.4, -0.2) is 85.7 Å². The maximum absolute atomic E-state index is 12.5. The van der Waals surface area contributed by atoms with Crippen LogP contribution >= 0.6 is 11.6 Å². The average Bonchev–Trinajstić information content (AvgIpc) is 2.66. The van der Waals surface area contributed by atoms with Crippen LogP contribution in [0.25, 0.3) is 0 Å². The fourth-order valence-corrected chi connectivity index (χ4v) is 2.90. The fourth-order valence-electron chi connectivity index (χ4n) is 2.74. The molecule has 1 N–H and O–H groups in total. The van der Waals surface area contributed by atoms with Crippen molar-refractivity contribution >= 4 is 35.5 Å². The molecule has 2 amide bonds. The topological polar surface area (TPSA) is 159 Å². The molecule has 30 heavy (non-hydrogen) atoms. The van der Waals surface area contributed by atoms with Crippen molar-refractivity contribution in [3.05, 3.63) is 4.91 Å². The zero-order valence-corrected chi connectivity index (χ0v) is 17.6.